The van der Waals surface area contributed by atoms with Gasteiger partial charge in [-0.3, -0.25) is 4.79 Å². The van der Waals surface area contributed by atoms with E-state index in [0.29, 0.717) is 12.5 Å². The fourth-order valence-corrected chi connectivity index (χ4v) is 2.48. The van der Waals surface area contributed by atoms with Crippen LogP contribution in [0.1, 0.15) is 31.7 Å². The summed E-state index contributed by atoms with van der Waals surface area (Å²) in [6.45, 7) is 4.34. The quantitative estimate of drug-likeness (QED) is 0.897. The van der Waals surface area contributed by atoms with E-state index < -0.39 is 0 Å². The summed E-state index contributed by atoms with van der Waals surface area (Å²) in [6.07, 6.45) is 0.933. The lowest BCUT2D eigenvalue weighted by molar-refractivity contribution is -0.123. The van der Waals surface area contributed by atoms with E-state index in [1.807, 2.05) is 26.0 Å². The molecule has 2 unspecified atom stereocenters. The lowest BCUT2D eigenvalue weighted by Gasteiger charge is -2.24. The summed E-state index contributed by atoms with van der Waals surface area (Å²) >= 11 is 3.46. The highest BCUT2D eigenvalue weighted by Gasteiger charge is 2.44. The second-order valence-corrected chi connectivity index (χ2v) is 6.50. The SMILES string of the molecule is CC(C)(CN)NC(=O)C1CC1c1cccc(Br)c1. The van der Waals surface area contributed by atoms with Crippen LogP contribution in [0, 0.1) is 5.92 Å². The highest BCUT2D eigenvalue weighted by atomic mass is 79.9. The fourth-order valence-electron chi connectivity index (χ4n) is 2.07. The van der Waals surface area contributed by atoms with Gasteiger partial charge in [-0.25, -0.2) is 0 Å². The van der Waals surface area contributed by atoms with E-state index in [-0.39, 0.29) is 17.4 Å². The molecule has 0 aliphatic heterocycles. The third-order valence-electron chi connectivity index (χ3n) is 3.38. The summed E-state index contributed by atoms with van der Waals surface area (Å²) < 4.78 is 1.06. The van der Waals surface area contributed by atoms with Crippen LogP contribution in [0.3, 0.4) is 0 Å². The molecule has 4 heteroatoms. The average molecular weight is 311 g/mol. The van der Waals surface area contributed by atoms with Crippen LogP contribution in [0.5, 0.6) is 0 Å². The zero-order valence-corrected chi connectivity index (χ0v) is 12.3. The highest BCUT2D eigenvalue weighted by molar-refractivity contribution is 9.10. The molecule has 0 radical (unpaired) electrons. The van der Waals surface area contributed by atoms with Gasteiger partial charge >= 0.3 is 0 Å². The molecule has 1 aromatic carbocycles. The molecule has 3 nitrogen and oxygen atoms in total. The predicted octanol–water partition coefficient (Wildman–Crippen LogP) is 2.41. The van der Waals surface area contributed by atoms with Crippen molar-refractivity contribution in [1.29, 1.82) is 0 Å². The Hall–Kier alpha value is -0.870. The molecule has 1 aliphatic rings. The number of hydrogen-bond donors (Lipinski definition) is 2. The molecule has 98 valence electrons. The molecule has 18 heavy (non-hydrogen) atoms. The van der Waals surface area contributed by atoms with E-state index in [1.54, 1.807) is 0 Å². The number of carbonyl (C=O) groups is 1. The molecule has 0 aromatic heterocycles. The Morgan fingerprint density at radius 3 is 2.89 bits per heavy atom. The summed E-state index contributed by atoms with van der Waals surface area (Å²) in [6, 6.07) is 8.18. The number of carbonyl (C=O) groups excluding carboxylic acids is 1. The van der Waals surface area contributed by atoms with Gasteiger partial charge < -0.3 is 11.1 Å². The van der Waals surface area contributed by atoms with Gasteiger partial charge in [0.25, 0.3) is 0 Å². The Balaban J connectivity index is 1.97. The predicted molar refractivity (Wildman–Crippen MR) is 76.3 cm³/mol. The van der Waals surface area contributed by atoms with Crippen molar-refractivity contribution in [2.24, 2.45) is 11.7 Å². The first kappa shape index (κ1) is 13.6. The van der Waals surface area contributed by atoms with Gasteiger partial charge in [-0.2, -0.15) is 0 Å². The lowest BCUT2D eigenvalue weighted by atomic mass is 10.0. The van der Waals surface area contributed by atoms with Crippen LogP contribution in [0.15, 0.2) is 28.7 Å². The molecule has 2 atom stereocenters. The van der Waals surface area contributed by atoms with E-state index in [9.17, 15) is 4.79 Å². The van der Waals surface area contributed by atoms with Crippen molar-refractivity contribution in [3.05, 3.63) is 34.3 Å². The number of rotatable bonds is 4. The number of hydrogen-bond acceptors (Lipinski definition) is 2. The number of amides is 1. The second kappa shape index (κ2) is 5.02. The maximum atomic E-state index is 12.1. The Labute approximate surface area is 116 Å². The van der Waals surface area contributed by atoms with Gasteiger partial charge in [-0.1, -0.05) is 28.1 Å². The summed E-state index contributed by atoms with van der Waals surface area (Å²) in [5.74, 6) is 0.580. The van der Waals surface area contributed by atoms with Crippen molar-refractivity contribution in [3.8, 4) is 0 Å². The third-order valence-corrected chi connectivity index (χ3v) is 3.87. The first-order valence-electron chi connectivity index (χ1n) is 6.20. The summed E-state index contributed by atoms with van der Waals surface area (Å²) in [5, 5.41) is 3.01. The molecular weight excluding hydrogens is 292 g/mol. The molecule has 1 saturated carbocycles. The Morgan fingerprint density at radius 2 is 2.28 bits per heavy atom. The van der Waals surface area contributed by atoms with Gasteiger partial charge in [0.1, 0.15) is 0 Å². The molecule has 0 bridgehead atoms. The summed E-state index contributed by atoms with van der Waals surface area (Å²) in [7, 11) is 0. The van der Waals surface area contributed by atoms with Crippen molar-refractivity contribution in [1.82, 2.24) is 5.32 Å². The Morgan fingerprint density at radius 1 is 1.56 bits per heavy atom. The minimum absolute atomic E-state index is 0.102. The molecule has 0 spiro atoms. The largest absolute Gasteiger partial charge is 0.350 e. The van der Waals surface area contributed by atoms with Crippen molar-refractivity contribution in [2.75, 3.05) is 6.54 Å². The van der Waals surface area contributed by atoms with Crippen LogP contribution >= 0.6 is 15.9 Å². The summed E-state index contributed by atoms with van der Waals surface area (Å²) in [5.41, 5.74) is 6.53. The molecule has 1 amide bonds. The number of benzene rings is 1. The van der Waals surface area contributed by atoms with Crippen LogP contribution in [-0.4, -0.2) is 18.0 Å². The monoisotopic (exact) mass is 310 g/mol. The van der Waals surface area contributed by atoms with Crippen molar-refractivity contribution in [3.63, 3.8) is 0 Å². The molecule has 0 saturated heterocycles. The fraction of sp³-hybridized carbons (Fsp3) is 0.500. The smallest absolute Gasteiger partial charge is 0.224 e. The molecule has 1 aliphatic carbocycles. The van der Waals surface area contributed by atoms with E-state index in [1.165, 1.54) is 5.56 Å². The van der Waals surface area contributed by atoms with Crippen molar-refractivity contribution >= 4 is 21.8 Å². The molecule has 0 heterocycles. The summed E-state index contributed by atoms with van der Waals surface area (Å²) in [4.78, 5) is 12.1. The highest BCUT2D eigenvalue weighted by Crippen LogP contribution is 2.48. The number of nitrogens with two attached hydrogens (primary N) is 1. The van der Waals surface area contributed by atoms with Gasteiger partial charge in [-0.05, 0) is 43.9 Å². The van der Waals surface area contributed by atoms with Gasteiger partial charge in [0.2, 0.25) is 5.91 Å². The van der Waals surface area contributed by atoms with E-state index in [4.69, 9.17) is 5.73 Å². The van der Waals surface area contributed by atoms with Gasteiger partial charge in [0, 0.05) is 22.5 Å². The van der Waals surface area contributed by atoms with Crippen LogP contribution in [-0.2, 0) is 4.79 Å². The topological polar surface area (TPSA) is 55.1 Å². The van der Waals surface area contributed by atoms with Crippen LogP contribution in [0.4, 0.5) is 0 Å². The van der Waals surface area contributed by atoms with Crippen molar-refractivity contribution in [2.45, 2.75) is 31.7 Å². The van der Waals surface area contributed by atoms with E-state index in [0.717, 1.165) is 10.9 Å². The minimum Gasteiger partial charge on any atom is -0.350 e. The number of nitrogens with one attached hydrogen (secondary N) is 1. The maximum Gasteiger partial charge on any atom is 0.224 e. The van der Waals surface area contributed by atoms with E-state index in [2.05, 4.69) is 33.4 Å². The van der Waals surface area contributed by atoms with Gasteiger partial charge in [0.15, 0.2) is 0 Å². The van der Waals surface area contributed by atoms with E-state index >= 15 is 0 Å². The van der Waals surface area contributed by atoms with Crippen LogP contribution in [0.2, 0.25) is 0 Å². The average Bonchev–Trinajstić information content (AvgIpc) is 3.08. The zero-order valence-electron chi connectivity index (χ0n) is 10.7. The first-order chi connectivity index (χ1) is 8.43. The third kappa shape index (κ3) is 3.12. The Bertz CT molecular complexity index is 459. The standard InChI is InChI=1S/C14H19BrN2O/c1-14(2,8-16)17-13(18)12-7-11(12)9-4-3-5-10(15)6-9/h3-6,11-12H,7-8,16H2,1-2H3,(H,17,18). The molecule has 2 rings (SSSR count). The molecule has 1 aromatic rings. The molecular formula is C14H19BrN2O. The number of halogens is 1. The minimum atomic E-state index is -0.318. The van der Waals surface area contributed by atoms with Gasteiger partial charge in [0.05, 0.1) is 0 Å². The lowest BCUT2D eigenvalue weighted by Crippen LogP contribution is -2.49. The van der Waals surface area contributed by atoms with Crippen LogP contribution in [0.25, 0.3) is 0 Å². The second-order valence-electron chi connectivity index (χ2n) is 5.58. The molecule has 1 fully saturated rings. The maximum absolute atomic E-state index is 12.1. The zero-order chi connectivity index (χ0) is 13.3. The van der Waals surface area contributed by atoms with Gasteiger partial charge in [-0.15, -0.1) is 0 Å². The van der Waals surface area contributed by atoms with Crippen molar-refractivity contribution < 1.29 is 4.79 Å². The normalized spacial score (nSPS) is 22.7. The Kier molecular flexibility index (Phi) is 3.78. The molecule has 3 N–H and O–H groups in total. The first-order valence-corrected chi connectivity index (χ1v) is 7.00. The van der Waals surface area contributed by atoms with Crippen LogP contribution < -0.4 is 11.1 Å².